The van der Waals surface area contributed by atoms with Gasteiger partial charge in [0.1, 0.15) is 5.82 Å². The Morgan fingerprint density at radius 2 is 1.97 bits per heavy atom. The van der Waals surface area contributed by atoms with Crippen molar-refractivity contribution in [2.24, 2.45) is 5.92 Å². The molecule has 0 unspecified atom stereocenters. The van der Waals surface area contributed by atoms with Crippen molar-refractivity contribution in [1.29, 1.82) is 0 Å². The van der Waals surface area contributed by atoms with Gasteiger partial charge in [-0.15, -0.1) is 0 Å². The number of ether oxygens (including phenoxy) is 1. The number of hydrogen-bond acceptors (Lipinski definition) is 4. The van der Waals surface area contributed by atoms with Crippen molar-refractivity contribution in [2.45, 2.75) is 64.0 Å². The summed E-state index contributed by atoms with van der Waals surface area (Å²) in [6.07, 6.45) is 5.44. The summed E-state index contributed by atoms with van der Waals surface area (Å²) >= 11 is 6.52. The Labute approximate surface area is 211 Å². The number of carbonyl (C=O) groups excluding carboxylic acids is 1. The smallest absolute Gasteiger partial charge is 0.409 e. The third-order valence-corrected chi connectivity index (χ3v) is 8.28. The number of aliphatic hydroxyl groups is 1. The van der Waals surface area contributed by atoms with E-state index >= 15 is 0 Å². The van der Waals surface area contributed by atoms with E-state index in [9.17, 15) is 9.90 Å². The summed E-state index contributed by atoms with van der Waals surface area (Å²) in [6.45, 7) is 3.69. The van der Waals surface area contributed by atoms with E-state index in [4.69, 9.17) is 21.3 Å². The Bertz CT molecular complexity index is 1220. The molecule has 0 radical (unpaired) electrons. The monoisotopic (exact) mass is 495 g/mol. The lowest BCUT2D eigenvalue weighted by molar-refractivity contribution is 0.119. The number of nitrogens with zero attached hydrogens (tertiary/aromatic N) is 3. The molecule has 1 aliphatic heterocycles. The molecular formula is C28H34ClN3O3. The second-order valence-corrected chi connectivity index (χ2v) is 10.5. The highest BCUT2D eigenvalue weighted by Crippen LogP contribution is 2.40. The maximum atomic E-state index is 12.3. The van der Waals surface area contributed by atoms with E-state index in [2.05, 4.69) is 29.7 Å². The number of amides is 1. The van der Waals surface area contributed by atoms with Crippen LogP contribution >= 0.6 is 11.6 Å². The Morgan fingerprint density at radius 3 is 2.69 bits per heavy atom. The van der Waals surface area contributed by atoms with Gasteiger partial charge < -0.3 is 19.3 Å². The van der Waals surface area contributed by atoms with E-state index in [1.807, 2.05) is 18.2 Å². The van der Waals surface area contributed by atoms with Crippen LogP contribution < -0.4 is 0 Å². The van der Waals surface area contributed by atoms with Gasteiger partial charge in [0.2, 0.25) is 0 Å². The van der Waals surface area contributed by atoms with E-state index in [0.717, 1.165) is 71.5 Å². The van der Waals surface area contributed by atoms with Crippen LogP contribution in [0.1, 0.15) is 67.1 Å². The van der Waals surface area contributed by atoms with Gasteiger partial charge in [0, 0.05) is 35.7 Å². The predicted molar refractivity (Wildman–Crippen MR) is 138 cm³/mol. The van der Waals surface area contributed by atoms with E-state index in [0.29, 0.717) is 24.9 Å². The minimum atomic E-state index is -0.290. The predicted octanol–water partition coefficient (Wildman–Crippen LogP) is 5.88. The lowest BCUT2D eigenvalue weighted by Crippen LogP contribution is -2.35. The van der Waals surface area contributed by atoms with Crippen LogP contribution in [0.4, 0.5) is 4.79 Å². The average molecular weight is 496 g/mol. The number of aromatic nitrogens is 2. The molecule has 1 atom stereocenters. The topological polar surface area (TPSA) is 67.6 Å². The zero-order valence-corrected chi connectivity index (χ0v) is 21.3. The largest absolute Gasteiger partial charge is 0.453 e. The Morgan fingerprint density at radius 1 is 1.20 bits per heavy atom. The summed E-state index contributed by atoms with van der Waals surface area (Å²) in [5, 5.41) is 10.4. The third kappa shape index (κ3) is 4.66. The molecule has 35 heavy (non-hydrogen) atoms. The van der Waals surface area contributed by atoms with Gasteiger partial charge in [-0.25, -0.2) is 9.78 Å². The van der Waals surface area contributed by atoms with Gasteiger partial charge in [-0.2, -0.15) is 0 Å². The molecule has 2 aliphatic rings. The van der Waals surface area contributed by atoms with Crippen molar-refractivity contribution >= 4 is 28.7 Å². The first-order valence-corrected chi connectivity index (χ1v) is 13.1. The molecule has 1 fully saturated rings. The number of carbonyl (C=O) groups is 1. The van der Waals surface area contributed by atoms with Crippen molar-refractivity contribution in [3.05, 3.63) is 63.9 Å². The van der Waals surface area contributed by atoms with Crippen LogP contribution in [0, 0.1) is 5.92 Å². The van der Waals surface area contributed by atoms with E-state index < -0.39 is 0 Å². The quantitative estimate of drug-likeness (QED) is 0.479. The molecule has 1 saturated carbocycles. The van der Waals surface area contributed by atoms with Crippen LogP contribution in [0.25, 0.3) is 11.0 Å². The SMILES string of the molecule is COC(=O)N1CCc2ccc3c(nc([C@H]4CC[C@H](CO)CC4)n3[C@H](C)Cc3ccccc3Cl)c2C1. The van der Waals surface area contributed by atoms with Gasteiger partial charge in [0.15, 0.2) is 0 Å². The number of rotatable bonds is 5. The third-order valence-electron chi connectivity index (χ3n) is 7.91. The number of halogens is 1. The molecule has 2 heterocycles. The molecule has 2 aromatic carbocycles. The van der Waals surface area contributed by atoms with Gasteiger partial charge in [-0.3, -0.25) is 0 Å². The summed E-state index contributed by atoms with van der Waals surface area (Å²) in [4.78, 5) is 19.3. The highest BCUT2D eigenvalue weighted by Gasteiger charge is 2.31. The molecule has 1 amide bonds. The second-order valence-electron chi connectivity index (χ2n) is 10.1. The maximum Gasteiger partial charge on any atom is 0.409 e. The number of imidazole rings is 1. The highest BCUT2D eigenvalue weighted by atomic mass is 35.5. The first kappa shape index (κ1) is 24.1. The fourth-order valence-electron chi connectivity index (χ4n) is 5.93. The van der Waals surface area contributed by atoms with E-state index in [1.165, 1.54) is 12.7 Å². The van der Waals surface area contributed by atoms with Crippen molar-refractivity contribution in [1.82, 2.24) is 14.5 Å². The fraction of sp³-hybridized carbons (Fsp3) is 0.500. The molecule has 186 valence electrons. The lowest BCUT2D eigenvalue weighted by Gasteiger charge is -2.29. The molecule has 5 rings (SSSR count). The zero-order chi connectivity index (χ0) is 24.5. The van der Waals surface area contributed by atoms with E-state index in [1.54, 1.807) is 4.90 Å². The number of benzene rings is 2. The highest BCUT2D eigenvalue weighted by molar-refractivity contribution is 6.31. The Balaban J connectivity index is 1.58. The van der Waals surface area contributed by atoms with Crippen molar-refractivity contribution in [3.8, 4) is 0 Å². The van der Waals surface area contributed by atoms with Crippen LogP contribution in [0.15, 0.2) is 36.4 Å². The summed E-state index contributed by atoms with van der Waals surface area (Å²) in [7, 11) is 1.43. The van der Waals surface area contributed by atoms with Crippen LogP contribution in [0.5, 0.6) is 0 Å². The molecule has 6 nitrogen and oxygen atoms in total. The van der Waals surface area contributed by atoms with Crippen molar-refractivity contribution in [3.63, 3.8) is 0 Å². The zero-order valence-electron chi connectivity index (χ0n) is 20.5. The molecule has 7 heteroatoms. The number of hydrogen-bond donors (Lipinski definition) is 1. The number of methoxy groups -OCH3 is 1. The van der Waals surface area contributed by atoms with Gasteiger partial charge in [-0.1, -0.05) is 35.9 Å². The van der Waals surface area contributed by atoms with Gasteiger partial charge in [-0.05, 0) is 74.6 Å². The molecule has 0 bridgehead atoms. The second kappa shape index (κ2) is 10.2. The summed E-state index contributed by atoms with van der Waals surface area (Å²) in [5.74, 6) is 1.88. The summed E-state index contributed by atoms with van der Waals surface area (Å²) in [6, 6.07) is 12.6. The first-order valence-electron chi connectivity index (χ1n) is 12.7. The standard InChI is InChI=1S/C28H34ClN3O3/c1-18(15-22-5-3-4-6-24(22)29)32-25-12-11-20-13-14-31(28(34)35-2)16-23(20)26(25)30-27(32)21-9-7-19(17-33)8-10-21/h3-6,11-12,18-19,21,33H,7-10,13-17H2,1-2H3/t18-,19-,21-/m1/s1. The molecule has 1 aliphatic carbocycles. The molecule has 1 aromatic heterocycles. The minimum absolute atomic E-state index is 0.170. The maximum absolute atomic E-state index is 12.3. The summed E-state index contributed by atoms with van der Waals surface area (Å²) < 4.78 is 7.42. The molecule has 0 saturated heterocycles. The normalized spacial score (nSPS) is 21.1. The number of fused-ring (bicyclic) bond motifs is 3. The lowest BCUT2D eigenvalue weighted by atomic mass is 9.82. The average Bonchev–Trinajstić information content (AvgIpc) is 3.29. The van der Waals surface area contributed by atoms with Crippen molar-refractivity contribution in [2.75, 3.05) is 20.3 Å². The molecule has 1 N–H and O–H groups in total. The van der Waals surface area contributed by atoms with Gasteiger partial charge >= 0.3 is 6.09 Å². The van der Waals surface area contributed by atoms with Crippen molar-refractivity contribution < 1.29 is 14.6 Å². The molecule has 0 spiro atoms. The van der Waals surface area contributed by atoms with Gasteiger partial charge in [0.05, 0.1) is 24.7 Å². The van der Waals surface area contributed by atoms with E-state index in [-0.39, 0.29) is 18.7 Å². The Hall–Kier alpha value is -2.57. The summed E-state index contributed by atoms with van der Waals surface area (Å²) in [5.41, 5.74) is 5.65. The van der Waals surface area contributed by atoms with Crippen LogP contribution in [0.3, 0.4) is 0 Å². The first-order chi connectivity index (χ1) is 17.0. The van der Waals surface area contributed by atoms with Crippen LogP contribution in [0.2, 0.25) is 5.02 Å². The fourth-order valence-corrected chi connectivity index (χ4v) is 6.14. The minimum Gasteiger partial charge on any atom is -0.453 e. The van der Waals surface area contributed by atoms with Crippen LogP contribution in [-0.2, 0) is 24.1 Å². The van der Waals surface area contributed by atoms with Gasteiger partial charge in [0.25, 0.3) is 0 Å². The Kier molecular flexibility index (Phi) is 7.03. The van der Waals surface area contributed by atoms with Crippen LogP contribution in [-0.4, -0.2) is 45.9 Å². The number of aliphatic hydroxyl groups excluding tert-OH is 1. The molecular weight excluding hydrogens is 462 g/mol. The molecule has 3 aromatic rings.